The first-order valence-electron chi connectivity index (χ1n) is 8.70. The van der Waals surface area contributed by atoms with Gasteiger partial charge in [-0.2, -0.15) is 5.10 Å². The number of Topliss-reactive ketones (excluding diaryl/α,β-unsaturated/α-hetero) is 1. The predicted molar refractivity (Wildman–Crippen MR) is 105 cm³/mol. The Balaban J connectivity index is 1.82. The molecule has 136 valence electrons. The van der Waals surface area contributed by atoms with Crippen molar-refractivity contribution in [2.24, 2.45) is 0 Å². The molecule has 0 saturated heterocycles. The molecule has 0 aliphatic carbocycles. The molecule has 0 radical (unpaired) electrons. The average molecular weight is 380 g/mol. The first kappa shape index (κ1) is 17.5. The summed E-state index contributed by atoms with van der Waals surface area (Å²) >= 11 is 6.04. The molecule has 1 atom stereocenters. The van der Waals surface area contributed by atoms with Gasteiger partial charge in [-0.05, 0) is 38.1 Å². The summed E-state index contributed by atoms with van der Waals surface area (Å²) in [6, 6.07) is 14.7. The van der Waals surface area contributed by atoms with E-state index in [1.807, 2.05) is 38.1 Å². The van der Waals surface area contributed by atoms with Crippen molar-refractivity contribution in [1.29, 1.82) is 0 Å². The fourth-order valence-corrected chi connectivity index (χ4v) is 3.68. The van der Waals surface area contributed by atoms with Gasteiger partial charge in [-0.3, -0.25) is 9.59 Å². The third-order valence-corrected chi connectivity index (χ3v) is 5.04. The molecule has 0 fully saturated rings. The normalized spacial score (nSPS) is 16.0. The lowest BCUT2D eigenvalue weighted by molar-refractivity contribution is -0.116. The van der Waals surface area contributed by atoms with Gasteiger partial charge in [-0.1, -0.05) is 41.4 Å². The van der Waals surface area contributed by atoms with Gasteiger partial charge in [-0.15, -0.1) is 0 Å². The first-order valence-corrected chi connectivity index (χ1v) is 9.08. The molecule has 0 saturated carbocycles. The Hall–Kier alpha value is -2.92. The van der Waals surface area contributed by atoms with Crippen molar-refractivity contribution in [3.8, 4) is 5.69 Å². The summed E-state index contributed by atoms with van der Waals surface area (Å²) in [5, 5.41) is 7.98. The van der Waals surface area contributed by atoms with Crippen LogP contribution in [-0.4, -0.2) is 21.5 Å². The van der Waals surface area contributed by atoms with Crippen LogP contribution in [0.4, 0.5) is 5.82 Å². The minimum Gasteiger partial charge on any atom is -0.310 e. The molecule has 1 N–H and O–H groups in total. The minimum atomic E-state index is -0.577. The maximum Gasteiger partial charge on any atom is 0.226 e. The van der Waals surface area contributed by atoms with Gasteiger partial charge in [0.15, 0.2) is 5.78 Å². The second kappa shape index (κ2) is 6.67. The zero-order valence-corrected chi connectivity index (χ0v) is 15.7. The molecule has 2 heterocycles. The quantitative estimate of drug-likeness (QED) is 0.684. The molecule has 5 nitrogen and oxygen atoms in total. The van der Waals surface area contributed by atoms with E-state index < -0.39 is 5.92 Å². The number of aromatic nitrogens is 2. The van der Waals surface area contributed by atoms with E-state index in [1.165, 1.54) is 0 Å². The van der Waals surface area contributed by atoms with Crippen LogP contribution in [0.2, 0.25) is 5.02 Å². The number of hydrogen-bond acceptors (Lipinski definition) is 3. The number of hydrogen-bond donors (Lipinski definition) is 1. The molecule has 1 amide bonds. The van der Waals surface area contributed by atoms with Crippen molar-refractivity contribution in [3.63, 3.8) is 0 Å². The number of ketones is 1. The third kappa shape index (κ3) is 3.15. The standard InChI is InChI=1S/C21H18ClN3O2/c1-12-6-8-16(9-7-12)25-21-19(13(2)24-25)17(11-18(26)23-21)20(27)14-4-3-5-15(22)10-14/h3-10,17H,11H2,1-2H3,(H,23,26)/t17-/m0/s1. The van der Waals surface area contributed by atoms with Gasteiger partial charge < -0.3 is 5.32 Å². The van der Waals surface area contributed by atoms with Crippen molar-refractivity contribution in [2.75, 3.05) is 5.32 Å². The first-order chi connectivity index (χ1) is 12.9. The molecular formula is C21H18ClN3O2. The Morgan fingerprint density at radius 2 is 1.93 bits per heavy atom. The van der Waals surface area contributed by atoms with Gasteiger partial charge in [0.05, 0.1) is 17.3 Å². The number of fused-ring (bicyclic) bond motifs is 1. The van der Waals surface area contributed by atoms with Crippen LogP contribution >= 0.6 is 11.6 Å². The van der Waals surface area contributed by atoms with E-state index in [1.54, 1.807) is 28.9 Å². The summed E-state index contributed by atoms with van der Waals surface area (Å²) < 4.78 is 1.69. The average Bonchev–Trinajstić information content (AvgIpc) is 2.97. The van der Waals surface area contributed by atoms with Crippen LogP contribution in [-0.2, 0) is 4.79 Å². The molecule has 1 aromatic heterocycles. The third-order valence-electron chi connectivity index (χ3n) is 4.81. The summed E-state index contributed by atoms with van der Waals surface area (Å²) in [5.41, 5.74) is 3.96. The minimum absolute atomic E-state index is 0.0960. The van der Waals surface area contributed by atoms with Gasteiger partial charge in [0.2, 0.25) is 5.91 Å². The van der Waals surface area contributed by atoms with Gasteiger partial charge in [0.25, 0.3) is 0 Å². The number of carbonyl (C=O) groups excluding carboxylic acids is 2. The van der Waals surface area contributed by atoms with E-state index in [-0.39, 0.29) is 18.1 Å². The zero-order chi connectivity index (χ0) is 19.1. The van der Waals surface area contributed by atoms with E-state index in [0.717, 1.165) is 22.5 Å². The van der Waals surface area contributed by atoms with E-state index in [4.69, 9.17) is 11.6 Å². The van der Waals surface area contributed by atoms with Crippen LogP contribution < -0.4 is 5.32 Å². The van der Waals surface area contributed by atoms with Crippen molar-refractivity contribution in [2.45, 2.75) is 26.2 Å². The molecule has 0 spiro atoms. The number of aryl methyl sites for hydroxylation is 2. The largest absolute Gasteiger partial charge is 0.310 e. The fraction of sp³-hybridized carbons (Fsp3) is 0.190. The SMILES string of the molecule is Cc1ccc(-n2nc(C)c3c2NC(=O)C[C@@H]3C(=O)c2cccc(Cl)c2)cc1. The summed E-state index contributed by atoms with van der Waals surface area (Å²) in [6.45, 7) is 3.87. The molecular weight excluding hydrogens is 362 g/mol. The molecule has 0 unspecified atom stereocenters. The van der Waals surface area contributed by atoms with Crippen molar-refractivity contribution in [1.82, 2.24) is 9.78 Å². The van der Waals surface area contributed by atoms with E-state index in [2.05, 4.69) is 10.4 Å². The van der Waals surface area contributed by atoms with Crippen LogP contribution in [0.1, 0.15) is 39.5 Å². The van der Waals surface area contributed by atoms with Crippen molar-refractivity contribution < 1.29 is 9.59 Å². The van der Waals surface area contributed by atoms with Gasteiger partial charge >= 0.3 is 0 Å². The Morgan fingerprint density at radius 1 is 1.19 bits per heavy atom. The molecule has 1 aliphatic rings. The van der Waals surface area contributed by atoms with Crippen molar-refractivity contribution in [3.05, 3.63) is 75.9 Å². The topological polar surface area (TPSA) is 64.0 Å². The number of amides is 1. The lowest BCUT2D eigenvalue weighted by Crippen LogP contribution is -2.28. The summed E-state index contributed by atoms with van der Waals surface area (Å²) in [5.74, 6) is -0.337. The second-order valence-corrected chi connectivity index (χ2v) is 7.21. The molecule has 1 aliphatic heterocycles. The van der Waals surface area contributed by atoms with Gasteiger partial charge in [0.1, 0.15) is 5.82 Å². The van der Waals surface area contributed by atoms with E-state index in [9.17, 15) is 9.59 Å². The molecule has 3 aromatic rings. The molecule has 0 bridgehead atoms. The molecule has 2 aromatic carbocycles. The van der Waals surface area contributed by atoms with Crippen LogP contribution in [0.5, 0.6) is 0 Å². The molecule has 4 rings (SSSR count). The van der Waals surface area contributed by atoms with Crippen LogP contribution in [0.25, 0.3) is 5.69 Å². The number of benzene rings is 2. The lowest BCUT2D eigenvalue weighted by atomic mass is 9.85. The summed E-state index contributed by atoms with van der Waals surface area (Å²) in [4.78, 5) is 25.5. The van der Waals surface area contributed by atoms with Crippen LogP contribution in [0.3, 0.4) is 0 Å². The Labute approximate surface area is 162 Å². The fourth-order valence-electron chi connectivity index (χ4n) is 3.49. The highest BCUT2D eigenvalue weighted by Crippen LogP contribution is 2.38. The zero-order valence-electron chi connectivity index (χ0n) is 15.0. The highest BCUT2D eigenvalue weighted by Gasteiger charge is 2.36. The monoisotopic (exact) mass is 379 g/mol. The number of rotatable bonds is 3. The molecule has 6 heteroatoms. The highest BCUT2D eigenvalue weighted by molar-refractivity contribution is 6.31. The Morgan fingerprint density at radius 3 is 2.63 bits per heavy atom. The van der Waals surface area contributed by atoms with Crippen LogP contribution in [0, 0.1) is 13.8 Å². The van der Waals surface area contributed by atoms with Crippen molar-refractivity contribution >= 4 is 29.1 Å². The van der Waals surface area contributed by atoms with E-state index in [0.29, 0.717) is 16.4 Å². The number of carbonyl (C=O) groups is 2. The number of nitrogens with one attached hydrogen (secondary N) is 1. The predicted octanol–water partition coefficient (Wildman–Crippen LogP) is 4.45. The second-order valence-electron chi connectivity index (χ2n) is 6.77. The Kier molecular flexibility index (Phi) is 4.32. The van der Waals surface area contributed by atoms with E-state index >= 15 is 0 Å². The maximum absolute atomic E-state index is 13.1. The summed E-state index contributed by atoms with van der Waals surface area (Å²) in [6.07, 6.45) is 0.0960. The number of anilines is 1. The molecule has 27 heavy (non-hydrogen) atoms. The van der Waals surface area contributed by atoms with Gasteiger partial charge in [0, 0.05) is 22.6 Å². The number of nitrogens with zero attached hydrogens (tertiary/aromatic N) is 2. The lowest BCUT2D eigenvalue weighted by Gasteiger charge is -2.23. The van der Waals surface area contributed by atoms with Crippen LogP contribution in [0.15, 0.2) is 48.5 Å². The maximum atomic E-state index is 13.1. The summed E-state index contributed by atoms with van der Waals surface area (Å²) in [7, 11) is 0. The Bertz CT molecular complexity index is 1050. The smallest absolute Gasteiger partial charge is 0.226 e. The highest BCUT2D eigenvalue weighted by atomic mass is 35.5. The van der Waals surface area contributed by atoms with Gasteiger partial charge in [-0.25, -0.2) is 4.68 Å². The number of halogens is 1.